The first-order valence-corrected chi connectivity index (χ1v) is 8.29. The van der Waals surface area contributed by atoms with Crippen molar-refractivity contribution in [1.29, 1.82) is 0 Å². The zero-order chi connectivity index (χ0) is 14.9. The molecule has 2 saturated heterocycles. The predicted molar refractivity (Wildman–Crippen MR) is 86.3 cm³/mol. The van der Waals surface area contributed by atoms with Crippen LogP contribution in [0.2, 0.25) is 0 Å². The maximum Gasteiger partial charge on any atom is 0.331 e. The maximum absolute atomic E-state index is 12.5. The number of hydrogen-bond acceptors (Lipinski definition) is 4. The van der Waals surface area contributed by atoms with Crippen molar-refractivity contribution in [3.8, 4) is 0 Å². The normalized spacial score (nSPS) is 29.0. The summed E-state index contributed by atoms with van der Waals surface area (Å²) in [5, 5.41) is 3.48. The van der Waals surface area contributed by atoms with Crippen LogP contribution in [0.3, 0.4) is 0 Å². The lowest BCUT2D eigenvalue weighted by atomic mass is 9.83. The minimum absolute atomic E-state index is 0.148. The number of ether oxygens (including phenoxy) is 1. The third-order valence-electron chi connectivity index (χ3n) is 4.73. The van der Waals surface area contributed by atoms with Gasteiger partial charge in [-0.3, -0.25) is 0 Å². The smallest absolute Gasteiger partial charge is 0.331 e. The van der Waals surface area contributed by atoms with Gasteiger partial charge in [-0.05, 0) is 60.3 Å². The van der Waals surface area contributed by atoms with Crippen LogP contribution in [-0.2, 0) is 9.53 Å². The number of rotatable bonds is 3. The molecule has 5 heteroatoms. The van der Waals surface area contributed by atoms with Gasteiger partial charge in [0.2, 0.25) is 0 Å². The van der Waals surface area contributed by atoms with Crippen molar-refractivity contribution >= 4 is 27.6 Å². The quantitative estimate of drug-likeness (QED) is 0.849. The second-order valence-electron chi connectivity index (χ2n) is 5.96. The van der Waals surface area contributed by atoms with Gasteiger partial charge in [0, 0.05) is 22.7 Å². The van der Waals surface area contributed by atoms with E-state index >= 15 is 0 Å². The van der Waals surface area contributed by atoms with Crippen LogP contribution in [0.5, 0.6) is 0 Å². The van der Waals surface area contributed by atoms with Crippen molar-refractivity contribution in [3.05, 3.63) is 28.7 Å². The fourth-order valence-corrected chi connectivity index (χ4v) is 4.01. The van der Waals surface area contributed by atoms with E-state index in [9.17, 15) is 4.79 Å². The van der Waals surface area contributed by atoms with Gasteiger partial charge in [-0.25, -0.2) is 4.79 Å². The molecule has 2 aliphatic heterocycles. The molecule has 0 aliphatic carbocycles. The van der Waals surface area contributed by atoms with Crippen LogP contribution in [0.25, 0.3) is 0 Å². The van der Waals surface area contributed by atoms with Crippen LogP contribution in [0.15, 0.2) is 28.7 Å². The average Bonchev–Trinajstić information content (AvgIpc) is 2.96. The third kappa shape index (κ3) is 2.81. The van der Waals surface area contributed by atoms with Crippen molar-refractivity contribution in [2.45, 2.75) is 37.3 Å². The molecule has 0 spiro atoms. The van der Waals surface area contributed by atoms with E-state index in [1.54, 1.807) is 0 Å². The summed E-state index contributed by atoms with van der Waals surface area (Å²) in [5.41, 5.74) is 0.346. The molecule has 4 nitrogen and oxygen atoms in total. The molecule has 0 radical (unpaired) electrons. The van der Waals surface area contributed by atoms with E-state index in [1.165, 1.54) is 20.0 Å². The number of hydrogen-bond donors (Lipinski definition) is 1. The predicted octanol–water partition coefficient (Wildman–Crippen LogP) is 3.03. The number of nitrogens with one attached hydrogen (secondary N) is 1. The largest absolute Gasteiger partial charge is 0.467 e. The van der Waals surface area contributed by atoms with Gasteiger partial charge < -0.3 is 15.0 Å². The molecule has 114 valence electrons. The van der Waals surface area contributed by atoms with Gasteiger partial charge in [0.15, 0.2) is 0 Å². The maximum atomic E-state index is 12.5. The lowest BCUT2D eigenvalue weighted by Crippen LogP contribution is -2.57. The van der Waals surface area contributed by atoms with E-state index in [1.807, 2.05) is 24.3 Å². The highest BCUT2D eigenvalue weighted by Crippen LogP contribution is 2.37. The van der Waals surface area contributed by atoms with E-state index in [2.05, 4.69) is 26.1 Å². The van der Waals surface area contributed by atoms with Crippen LogP contribution >= 0.6 is 15.9 Å². The molecule has 0 amide bonds. The fraction of sp³-hybridized carbons (Fsp3) is 0.562. The molecule has 2 atom stereocenters. The second kappa shape index (κ2) is 5.97. The molecule has 2 heterocycles. The number of fused-ring (bicyclic) bond motifs is 1. The molecular formula is C16H21BrN2O2. The molecule has 3 rings (SSSR count). The first kappa shape index (κ1) is 14.9. The first-order chi connectivity index (χ1) is 10.1. The van der Waals surface area contributed by atoms with Crippen molar-refractivity contribution in [2.24, 2.45) is 0 Å². The number of carbonyl (C=O) groups excluding carboxylic acids is 1. The van der Waals surface area contributed by atoms with Gasteiger partial charge in [0.05, 0.1) is 7.11 Å². The first-order valence-electron chi connectivity index (χ1n) is 7.50. The Morgan fingerprint density at radius 1 is 1.43 bits per heavy atom. The molecule has 1 aromatic rings. The Labute approximate surface area is 134 Å². The van der Waals surface area contributed by atoms with E-state index in [4.69, 9.17) is 4.74 Å². The number of carbonyl (C=O) groups is 1. The monoisotopic (exact) mass is 352 g/mol. The van der Waals surface area contributed by atoms with Crippen LogP contribution in [0.4, 0.5) is 5.69 Å². The Balaban J connectivity index is 1.87. The Morgan fingerprint density at radius 2 is 2.24 bits per heavy atom. The number of halogens is 1. The summed E-state index contributed by atoms with van der Waals surface area (Å²) in [6.45, 7) is 2.12. The lowest BCUT2D eigenvalue weighted by Gasteiger charge is -2.43. The van der Waals surface area contributed by atoms with Gasteiger partial charge in [0.1, 0.15) is 5.54 Å². The molecule has 0 saturated carbocycles. The highest BCUT2D eigenvalue weighted by molar-refractivity contribution is 9.10. The van der Waals surface area contributed by atoms with Gasteiger partial charge in [-0.1, -0.05) is 12.1 Å². The van der Waals surface area contributed by atoms with Crippen molar-refractivity contribution in [1.82, 2.24) is 4.90 Å². The van der Waals surface area contributed by atoms with Gasteiger partial charge in [-0.15, -0.1) is 0 Å². The lowest BCUT2D eigenvalue weighted by molar-refractivity contribution is -0.148. The summed E-state index contributed by atoms with van der Waals surface area (Å²) >= 11 is 3.55. The van der Waals surface area contributed by atoms with E-state index < -0.39 is 5.54 Å². The number of nitrogens with zero attached hydrogens (tertiary/aromatic N) is 1. The zero-order valence-electron chi connectivity index (χ0n) is 12.3. The van der Waals surface area contributed by atoms with Gasteiger partial charge >= 0.3 is 5.97 Å². The van der Waals surface area contributed by atoms with Crippen molar-refractivity contribution in [3.63, 3.8) is 0 Å². The Bertz CT molecular complexity index is 537. The zero-order valence-corrected chi connectivity index (χ0v) is 13.9. The summed E-state index contributed by atoms with van der Waals surface area (Å²) < 4.78 is 6.09. The average molecular weight is 353 g/mol. The van der Waals surface area contributed by atoms with Gasteiger partial charge in [0.25, 0.3) is 0 Å². The van der Waals surface area contributed by atoms with Crippen molar-refractivity contribution in [2.75, 3.05) is 25.5 Å². The second-order valence-corrected chi connectivity index (χ2v) is 6.82. The number of piperidine rings is 1. The number of anilines is 1. The Hall–Kier alpha value is -1.07. The molecule has 0 bridgehead atoms. The van der Waals surface area contributed by atoms with E-state index in [-0.39, 0.29) is 5.97 Å². The third-order valence-corrected chi connectivity index (χ3v) is 5.42. The number of benzene rings is 1. The Kier molecular flexibility index (Phi) is 4.22. The minimum atomic E-state index is -0.607. The topological polar surface area (TPSA) is 41.6 Å². The molecule has 21 heavy (non-hydrogen) atoms. The van der Waals surface area contributed by atoms with Crippen LogP contribution in [0.1, 0.15) is 25.7 Å². The number of esters is 1. The summed E-state index contributed by atoms with van der Waals surface area (Å²) in [5.74, 6) is -0.148. The van der Waals surface area contributed by atoms with E-state index in [0.717, 1.165) is 36.1 Å². The Morgan fingerprint density at radius 3 is 3.00 bits per heavy atom. The molecule has 2 aliphatic rings. The standard InChI is InChI=1S/C16H21BrN2O2/c1-21-15(20)16(18-14-7-3-2-6-13(14)17)8-10-19-9-4-5-12(19)11-16/h2-3,6-7,12,18H,4-5,8-11H2,1H3. The SMILES string of the molecule is COC(=O)C1(Nc2ccccc2Br)CCN2CCCC2C1. The van der Waals surface area contributed by atoms with Crippen LogP contribution in [0, 0.1) is 0 Å². The minimum Gasteiger partial charge on any atom is -0.467 e. The summed E-state index contributed by atoms with van der Waals surface area (Å²) in [7, 11) is 1.48. The van der Waals surface area contributed by atoms with E-state index in [0.29, 0.717) is 6.04 Å². The highest BCUT2D eigenvalue weighted by Gasteiger charge is 2.47. The van der Waals surface area contributed by atoms with Gasteiger partial charge in [-0.2, -0.15) is 0 Å². The summed E-state index contributed by atoms with van der Waals surface area (Å²) in [6, 6.07) is 8.42. The number of para-hydroxylation sites is 1. The van der Waals surface area contributed by atoms with Crippen LogP contribution in [-0.4, -0.2) is 42.6 Å². The summed E-state index contributed by atoms with van der Waals surface area (Å²) in [6.07, 6.45) is 4.02. The molecular weight excluding hydrogens is 332 g/mol. The fourth-order valence-electron chi connectivity index (χ4n) is 3.63. The molecule has 0 aromatic heterocycles. The molecule has 1 N–H and O–H groups in total. The molecule has 2 unspecified atom stereocenters. The number of methoxy groups -OCH3 is 1. The summed E-state index contributed by atoms with van der Waals surface area (Å²) in [4.78, 5) is 15.0. The van der Waals surface area contributed by atoms with Crippen LogP contribution < -0.4 is 5.32 Å². The molecule has 1 aromatic carbocycles. The van der Waals surface area contributed by atoms with Crippen molar-refractivity contribution < 1.29 is 9.53 Å². The molecule has 2 fully saturated rings. The highest BCUT2D eigenvalue weighted by atomic mass is 79.9.